The van der Waals surface area contributed by atoms with E-state index in [0.29, 0.717) is 12.8 Å². The van der Waals surface area contributed by atoms with Gasteiger partial charge in [-0.2, -0.15) is 4.31 Å². The van der Waals surface area contributed by atoms with Crippen molar-refractivity contribution in [3.8, 4) is 0 Å². The number of carbonyl (C=O) groups is 1. The van der Waals surface area contributed by atoms with Gasteiger partial charge in [0.25, 0.3) is 0 Å². The van der Waals surface area contributed by atoms with Crippen LogP contribution in [-0.2, 0) is 14.8 Å². The summed E-state index contributed by atoms with van der Waals surface area (Å²) in [5.74, 6) is -0.880. The van der Waals surface area contributed by atoms with Crippen LogP contribution in [0.15, 0.2) is 23.1 Å². The highest BCUT2D eigenvalue weighted by Crippen LogP contribution is 2.26. The molecule has 0 unspecified atom stereocenters. The first-order valence-electron chi connectivity index (χ1n) is 6.63. The molecular formula is C13H18FN3O3S. The first-order chi connectivity index (χ1) is 9.82. The summed E-state index contributed by atoms with van der Waals surface area (Å²) in [5, 5.41) is 2.77. The zero-order chi connectivity index (χ0) is 15.6. The molecule has 0 saturated carbocycles. The van der Waals surface area contributed by atoms with Gasteiger partial charge in [0.1, 0.15) is 10.7 Å². The maximum Gasteiger partial charge on any atom is 0.245 e. The molecule has 0 aliphatic carbocycles. The Balaban J connectivity index is 2.15. The van der Waals surface area contributed by atoms with Gasteiger partial charge >= 0.3 is 0 Å². The van der Waals surface area contributed by atoms with Crippen molar-refractivity contribution < 1.29 is 17.6 Å². The number of para-hydroxylation sites is 1. The van der Waals surface area contributed by atoms with Crippen molar-refractivity contribution in [1.82, 2.24) is 9.62 Å². The first kappa shape index (κ1) is 15.7. The van der Waals surface area contributed by atoms with E-state index in [2.05, 4.69) is 5.32 Å². The zero-order valence-electron chi connectivity index (χ0n) is 11.7. The van der Waals surface area contributed by atoms with E-state index in [1.807, 2.05) is 0 Å². The fourth-order valence-corrected chi connectivity index (χ4v) is 4.00. The molecular weight excluding hydrogens is 297 g/mol. The molecule has 0 atom stereocenters. The van der Waals surface area contributed by atoms with Crippen molar-refractivity contribution in [3.05, 3.63) is 24.0 Å². The van der Waals surface area contributed by atoms with E-state index in [1.54, 1.807) is 0 Å². The van der Waals surface area contributed by atoms with Crippen LogP contribution in [0.4, 0.5) is 10.1 Å². The molecule has 21 heavy (non-hydrogen) atoms. The molecule has 1 aliphatic rings. The number of sulfonamides is 1. The molecule has 1 aromatic carbocycles. The number of piperidine rings is 1. The lowest BCUT2D eigenvalue weighted by Crippen LogP contribution is -2.46. The second kappa shape index (κ2) is 5.98. The SMILES string of the molecule is CC(=O)NC1CCN(S(=O)(=O)c2cccc(F)c2N)CC1. The standard InChI is InChI=1S/C13H18FN3O3S/c1-9(18)16-10-5-7-17(8-6-10)21(19,20)12-4-2-3-11(14)13(12)15/h2-4,10H,5-8,15H2,1H3,(H,16,18). The topological polar surface area (TPSA) is 92.5 Å². The van der Waals surface area contributed by atoms with E-state index in [-0.39, 0.29) is 35.6 Å². The summed E-state index contributed by atoms with van der Waals surface area (Å²) in [7, 11) is -3.81. The van der Waals surface area contributed by atoms with Gasteiger partial charge in [-0.25, -0.2) is 12.8 Å². The number of carbonyl (C=O) groups excluding carboxylic acids is 1. The van der Waals surface area contributed by atoms with Crippen molar-refractivity contribution >= 4 is 21.6 Å². The molecule has 1 fully saturated rings. The number of nitrogens with two attached hydrogens (primary N) is 1. The number of benzene rings is 1. The molecule has 6 nitrogen and oxygen atoms in total. The minimum absolute atomic E-state index is 0.0289. The van der Waals surface area contributed by atoms with E-state index in [9.17, 15) is 17.6 Å². The van der Waals surface area contributed by atoms with Crippen LogP contribution in [0.5, 0.6) is 0 Å². The summed E-state index contributed by atoms with van der Waals surface area (Å²) >= 11 is 0. The Hall–Kier alpha value is -1.67. The predicted octanol–water partition coefficient (Wildman–Crippen LogP) is 0.697. The Morgan fingerprint density at radius 2 is 2.00 bits per heavy atom. The lowest BCUT2D eigenvalue weighted by Gasteiger charge is -2.31. The summed E-state index contributed by atoms with van der Waals surface area (Å²) in [5.41, 5.74) is 5.17. The molecule has 0 bridgehead atoms. The molecule has 0 radical (unpaired) electrons. The number of rotatable bonds is 3. The average Bonchev–Trinajstić information content (AvgIpc) is 2.41. The smallest absolute Gasteiger partial charge is 0.245 e. The van der Waals surface area contributed by atoms with Crippen LogP contribution in [0.1, 0.15) is 19.8 Å². The molecule has 0 spiro atoms. The molecule has 1 aromatic rings. The Bertz CT molecular complexity index is 640. The van der Waals surface area contributed by atoms with Gasteiger partial charge in [-0.15, -0.1) is 0 Å². The average molecular weight is 315 g/mol. The minimum atomic E-state index is -3.81. The van der Waals surface area contributed by atoms with Crippen LogP contribution >= 0.6 is 0 Å². The van der Waals surface area contributed by atoms with Crippen molar-refractivity contribution in [2.75, 3.05) is 18.8 Å². The highest BCUT2D eigenvalue weighted by molar-refractivity contribution is 7.89. The molecule has 1 heterocycles. The van der Waals surface area contributed by atoms with Crippen molar-refractivity contribution in [1.29, 1.82) is 0 Å². The Kier molecular flexibility index (Phi) is 4.48. The number of hydrogen-bond acceptors (Lipinski definition) is 4. The van der Waals surface area contributed by atoms with Crippen LogP contribution < -0.4 is 11.1 Å². The monoisotopic (exact) mass is 315 g/mol. The molecule has 0 aromatic heterocycles. The second-order valence-electron chi connectivity index (χ2n) is 5.03. The van der Waals surface area contributed by atoms with E-state index in [4.69, 9.17) is 5.73 Å². The number of nitrogens with zero attached hydrogens (tertiary/aromatic N) is 1. The minimum Gasteiger partial charge on any atom is -0.395 e. The summed E-state index contributed by atoms with van der Waals surface area (Å²) < 4.78 is 39.7. The molecule has 1 aliphatic heterocycles. The Morgan fingerprint density at radius 3 is 2.57 bits per heavy atom. The van der Waals surface area contributed by atoms with Gasteiger partial charge in [-0.3, -0.25) is 4.79 Å². The van der Waals surface area contributed by atoms with Gasteiger partial charge in [0.05, 0.1) is 5.69 Å². The third-order valence-corrected chi connectivity index (χ3v) is 5.45. The van der Waals surface area contributed by atoms with Gasteiger partial charge in [0.2, 0.25) is 15.9 Å². The highest BCUT2D eigenvalue weighted by atomic mass is 32.2. The largest absolute Gasteiger partial charge is 0.395 e. The number of hydrogen-bond donors (Lipinski definition) is 2. The van der Waals surface area contributed by atoms with E-state index in [0.717, 1.165) is 6.07 Å². The van der Waals surface area contributed by atoms with Crippen LogP contribution in [0, 0.1) is 5.82 Å². The zero-order valence-corrected chi connectivity index (χ0v) is 12.5. The number of halogens is 1. The summed E-state index contributed by atoms with van der Waals surface area (Å²) in [6, 6.07) is 3.71. The fourth-order valence-electron chi connectivity index (χ4n) is 2.41. The van der Waals surface area contributed by atoms with Crippen LogP contribution in [0.2, 0.25) is 0 Å². The lowest BCUT2D eigenvalue weighted by molar-refractivity contribution is -0.119. The number of nitrogen functional groups attached to an aromatic ring is 1. The summed E-state index contributed by atoms with van der Waals surface area (Å²) in [6.07, 6.45) is 1.04. The van der Waals surface area contributed by atoms with Crippen molar-refractivity contribution in [2.24, 2.45) is 0 Å². The van der Waals surface area contributed by atoms with Gasteiger partial charge in [-0.1, -0.05) is 6.07 Å². The van der Waals surface area contributed by atoms with E-state index < -0.39 is 15.8 Å². The lowest BCUT2D eigenvalue weighted by atomic mass is 10.1. The first-order valence-corrected chi connectivity index (χ1v) is 8.07. The quantitative estimate of drug-likeness (QED) is 0.803. The molecule has 1 saturated heterocycles. The summed E-state index contributed by atoms with van der Waals surface area (Å²) in [6.45, 7) is 1.96. The third kappa shape index (κ3) is 3.33. The highest BCUT2D eigenvalue weighted by Gasteiger charge is 2.31. The number of nitrogens with one attached hydrogen (secondary N) is 1. The van der Waals surface area contributed by atoms with Gasteiger partial charge in [0, 0.05) is 26.1 Å². The Morgan fingerprint density at radius 1 is 1.38 bits per heavy atom. The fraction of sp³-hybridized carbons (Fsp3) is 0.462. The van der Waals surface area contributed by atoms with Gasteiger partial charge < -0.3 is 11.1 Å². The molecule has 1 amide bonds. The van der Waals surface area contributed by atoms with E-state index >= 15 is 0 Å². The maximum absolute atomic E-state index is 13.4. The summed E-state index contributed by atoms with van der Waals surface area (Å²) in [4.78, 5) is 10.8. The normalized spacial score (nSPS) is 17.6. The molecule has 2 rings (SSSR count). The molecule has 8 heteroatoms. The van der Waals surface area contributed by atoms with Crippen LogP contribution in [-0.4, -0.2) is 37.8 Å². The van der Waals surface area contributed by atoms with Gasteiger partial charge in [0.15, 0.2) is 0 Å². The molecule has 3 N–H and O–H groups in total. The third-order valence-electron chi connectivity index (χ3n) is 3.49. The predicted molar refractivity (Wildman–Crippen MR) is 76.4 cm³/mol. The van der Waals surface area contributed by atoms with E-state index in [1.165, 1.54) is 23.4 Å². The van der Waals surface area contributed by atoms with Crippen LogP contribution in [0.25, 0.3) is 0 Å². The number of anilines is 1. The number of amides is 1. The Labute approximate surface area is 123 Å². The van der Waals surface area contributed by atoms with Gasteiger partial charge in [-0.05, 0) is 25.0 Å². The second-order valence-corrected chi connectivity index (χ2v) is 6.94. The maximum atomic E-state index is 13.4. The molecule has 116 valence electrons. The van der Waals surface area contributed by atoms with Crippen LogP contribution in [0.3, 0.4) is 0 Å². The van der Waals surface area contributed by atoms with Crippen molar-refractivity contribution in [2.45, 2.75) is 30.7 Å². The van der Waals surface area contributed by atoms with Crippen molar-refractivity contribution in [3.63, 3.8) is 0 Å².